The SMILES string of the molecule is CCC(C)[C@@H]([C@@H](CC(=O)N1CCC[C@H]1[C@H](OC)[C@@H](C)C(=O)NCCc1ccc(N)cc1)OC)N(C)C(=O)[C@@H](CC(=O)[C@@H](NC)C(C)C)C(C)C. The number of hydrogen-bond acceptors (Lipinski definition) is 8. The minimum absolute atomic E-state index is 0.0268. The van der Waals surface area contributed by atoms with Gasteiger partial charge in [0.2, 0.25) is 17.7 Å². The number of ketones is 1. The Morgan fingerprint density at radius 2 is 1.62 bits per heavy atom. The molecular formula is C39H67N5O6. The summed E-state index contributed by atoms with van der Waals surface area (Å²) in [6.45, 7) is 15.0. The first kappa shape index (κ1) is 43.1. The molecule has 1 aliphatic rings. The zero-order chi connectivity index (χ0) is 37.7. The summed E-state index contributed by atoms with van der Waals surface area (Å²) in [6.07, 6.45) is 2.18. The quantitative estimate of drug-likeness (QED) is 0.161. The third-order valence-electron chi connectivity index (χ3n) is 10.8. The van der Waals surface area contributed by atoms with E-state index in [-0.39, 0.29) is 72.2 Å². The second-order valence-electron chi connectivity index (χ2n) is 14.9. The van der Waals surface area contributed by atoms with E-state index < -0.39 is 24.0 Å². The van der Waals surface area contributed by atoms with Gasteiger partial charge in [-0.1, -0.05) is 67.0 Å². The molecule has 0 saturated carbocycles. The molecule has 1 heterocycles. The average molecular weight is 702 g/mol. The number of methoxy groups -OCH3 is 2. The first-order chi connectivity index (χ1) is 23.6. The van der Waals surface area contributed by atoms with Crippen molar-refractivity contribution in [2.45, 2.75) is 117 Å². The molecule has 50 heavy (non-hydrogen) atoms. The molecule has 3 amide bonds. The Morgan fingerprint density at radius 3 is 2.14 bits per heavy atom. The van der Waals surface area contributed by atoms with Gasteiger partial charge >= 0.3 is 0 Å². The Kier molecular flexibility index (Phi) is 17.9. The van der Waals surface area contributed by atoms with Gasteiger partial charge in [0.25, 0.3) is 0 Å². The van der Waals surface area contributed by atoms with E-state index in [1.807, 2.05) is 63.8 Å². The van der Waals surface area contributed by atoms with E-state index in [9.17, 15) is 19.2 Å². The number of carbonyl (C=O) groups is 4. The van der Waals surface area contributed by atoms with E-state index >= 15 is 0 Å². The predicted octanol–water partition coefficient (Wildman–Crippen LogP) is 4.32. The molecule has 1 fully saturated rings. The van der Waals surface area contributed by atoms with Crippen LogP contribution in [0, 0.1) is 29.6 Å². The number of nitrogen functional groups attached to an aromatic ring is 1. The molecule has 1 saturated heterocycles. The lowest BCUT2D eigenvalue weighted by Crippen LogP contribution is -2.54. The Balaban J connectivity index is 2.19. The van der Waals surface area contributed by atoms with Crippen LogP contribution in [0.15, 0.2) is 24.3 Å². The highest BCUT2D eigenvalue weighted by molar-refractivity contribution is 5.90. The molecule has 4 N–H and O–H groups in total. The van der Waals surface area contributed by atoms with Crippen molar-refractivity contribution in [2.24, 2.45) is 29.6 Å². The van der Waals surface area contributed by atoms with Crippen molar-refractivity contribution in [3.8, 4) is 0 Å². The third kappa shape index (κ3) is 11.5. The van der Waals surface area contributed by atoms with E-state index in [1.165, 1.54) is 0 Å². The molecule has 0 spiro atoms. The van der Waals surface area contributed by atoms with Gasteiger partial charge in [0.15, 0.2) is 5.78 Å². The molecule has 1 aromatic carbocycles. The fraction of sp³-hybridized carbons (Fsp3) is 0.744. The summed E-state index contributed by atoms with van der Waals surface area (Å²) in [7, 11) is 6.74. The largest absolute Gasteiger partial charge is 0.399 e. The second-order valence-corrected chi connectivity index (χ2v) is 14.9. The van der Waals surface area contributed by atoms with Crippen LogP contribution in [0.2, 0.25) is 0 Å². The lowest BCUT2D eigenvalue weighted by Gasteiger charge is -2.41. The van der Waals surface area contributed by atoms with E-state index in [1.54, 1.807) is 33.2 Å². The molecule has 1 aromatic rings. The lowest BCUT2D eigenvalue weighted by molar-refractivity contribution is -0.149. The molecule has 2 rings (SSSR count). The Hall–Kier alpha value is -3.02. The summed E-state index contributed by atoms with van der Waals surface area (Å²) >= 11 is 0. The van der Waals surface area contributed by atoms with Crippen LogP contribution in [0.3, 0.4) is 0 Å². The molecular weight excluding hydrogens is 634 g/mol. The first-order valence-corrected chi connectivity index (χ1v) is 18.6. The monoisotopic (exact) mass is 702 g/mol. The third-order valence-corrected chi connectivity index (χ3v) is 10.8. The van der Waals surface area contributed by atoms with E-state index in [2.05, 4.69) is 24.5 Å². The molecule has 11 nitrogen and oxygen atoms in total. The number of benzene rings is 1. The summed E-state index contributed by atoms with van der Waals surface area (Å²) in [4.78, 5) is 58.3. The van der Waals surface area contributed by atoms with Crippen LogP contribution in [-0.2, 0) is 35.1 Å². The standard InChI is InChI=1S/C39H67N5O6/c1-12-26(6)36(43(9)39(48)30(24(2)3)22-32(45)35(41-8)25(4)5)33(49-10)23-34(46)44-21-13-14-31(44)37(50-11)27(7)38(47)42-20-19-28-15-17-29(40)18-16-28/h15-18,24-27,30-31,33,35-37,41H,12-14,19-23,40H2,1-11H3,(H,42,47)/t26?,27-,30+,31+,33-,35+,36+,37-/m1/s1. The van der Waals surface area contributed by atoms with Crippen LogP contribution in [0.25, 0.3) is 0 Å². The number of rotatable bonds is 21. The Labute approximate surface area is 301 Å². The van der Waals surface area contributed by atoms with E-state index in [0.717, 1.165) is 24.8 Å². The highest BCUT2D eigenvalue weighted by atomic mass is 16.5. The van der Waals surface area contributed by atoms with Crippen molar-refractivity contribution in [3.05, 3.63) is 29.8 Å². The van der Waals surface area contributed by atoms with Gasteiger partial charge in [-0.2, -0.15) is 0 Å². The van der Waals surface area contributed by atoms with Crippen LogP contribution in [0.1, 0.15) is 86.1 Å². The van der Waals surface area contributed by atoms with Crippen LogP contribution >= 0.6 is 0 Å². The zero-order valence-electron chi connectivity index (χ0n) is 32.7. The average Bonchev–Trinajstić information content (AvgIpc) is 3.57. The number of hydrogen-bond donors (Lipinski definition) is 3. The summed E-state index contributed by atoms with van der Waals surface area (Å²) in [5, 5.41) is 6.15. The molecule has 11 heteroatoms. The van der Waals surface area contributed by atoms with Crippen molar-refractivity contribution in [2.75, 3.05) is 47.1 Å². The van der Waals surface area contributed by atoms with Gasteiger partial charge in [-0.25, -0.2) is 0 Å². The maximum atomic E-state index is 14.2. The number of Topliss-reactive ketones (excluding diaryl/α,β-unsaturated/α-hetero) is 1. The van der Waals surface area contributed by atoms with Crippen molar-refractivity contribution in [3.63, 3.8) is 0 Å². The van der Waals surface area contributed by atoms with Gasteiger partial charge in [0.1, 0.15) is 0 Å². The van der Waals surface area contributed by atoms with E-state index in [4.69, 9.17) is 15.2 Å². The number of likely N-dealkylation sites (tertiary alicyclic amines) is 1. The number of anilines is 1. The number of nitrogens with zero attached hydrogens (tertiary/aromatic N) is 2. The molecule has 1 unspecified atom stereocenters. The minimum Gasteiger partial charge on any atom is -0.399 e. The van der Waals surface area contributed by atoms with Gasteiger partial charge in [-0.15, -0.1) is 0 Å². The minimum atomic E-state index is -0.563. The zero-order valence-corrected chi connectivity index (χ0v) is 32.7. The highest BCUT2D eigenvalue weighted by Crippen LogP contribution is 2.30. The first-order valence-electron chi connectivity index (χ1n) is 18.6. The topological polar surface area (TPSA) is 143 Å². The van der Waals surface area contributed by atoms with Crippen molar-refractivity contribution >= 4 is 29.2 Å². The lowest BCUT2D eigenvalue weighted by atomic mass is 9.84. The molecule has 8 atom stereocenters. The Morgan fingerprint density at radius 1 is 0.980 bits per heavy atom. The number of carbonyl (C=O) groups excluding carboxylic acids is 4. The van der Waals surface area contributed by atoms with Gasteiger partial charge in [-0.05, 0) is 61.8 Å². The smallest absolute Gasteiger partial charge is 0.226 e. The summed E-state index contributed by atoms with van der Waals surface area (Å²) in [5.74, 6) is -1.17. The van der Waals surface area contributed by atoms with Crippen LogP contribution < -0.4 is 16.4 Å². The fourth-order valence-electron chi connectivity index (χ4n) is 7.56. The molecule has 0 radical (unpaired) electrons. The van der Waals surface area contributed by atoms with Crippen LogP contribution in [0.4, 0.5) is 5.69 Å². The highest BCUT2D eigenvalue weighted by Gasteiger charge is 2.43. The maximum absolute atomic E-state index is 14.2. The molecule has 0 aromatic heterocycles. The molecule has 1 aliphatic heterocycles. The normalized spacial score (nSPS) is 19.1. The molecule has 0 bridgehead atoms. The second kappa shape index (κ2) is 20.7. The number of amides is 3. The van der Waals surface area contributed by atoms with Crippen molar-refractivity contribution in [1.82, 2.24) is 20.4 Å². The van der Waals surface area contributed by atoms with Gasteiger partial charge in [0.05, 0.1) is 42.7 Å². The number of nitrogens with one attached hydrogen (secondary N) is 2. The van der Waals surface area contributed by atoms with Crippen LogP contribution in [-0.4, -0.2) is 105 Å². The maximum Gasteiger partial charge on any atom is 0.226 e. The summed E-state index contributed by atoms with van der Waals surface area (Å²) in [6, 6.07) is 6.63. The summed E-state index contributed by atoms with van der Waals surface area (Å²) < 4.78 is 11.9. The van der Waals surface area contributed by atoms with E-state index in [0.29, 0.717) is 25.2 Å². The van der Waals surface area contributed by atoms with Gasteiger partial charge < -0.3 is 35.6 Å². The molecule has 0 aliphatic carbocycles. The Bertz CT molecular complexity index is 1220. The number of nitrogens with two attached hydrogens (primary N) is 1. The van der Waals surface area contributed by atoms with Crippen molar-refractivity contribution in [1.29, 1.82) is 0 Å². The summed E-state index contributed by atoms with van der Waals surface area (Å²) in [5.41, 5.74) is 7.57. The van der Waals surface area contributed by atoms with Crippen LogP contribution in [0.5, 0.6) is 0 Å². The van der Waals surface area contributed by atoms with Crippen molar-refractivity contribution < 1.29 is 28.7 Å². The molecule has 284 valence electrons. The van der Waals surface area contributed by atoms with Gasteiger partial charge in [0, 0.05) is 52.4 Å². The number of likely N-dealkylation sites (N-methyl/N-ethyl adjacent to an activating group) is 2. The fourth-order valence-corrected chi connectivity index (χ4v) is 7.56. The predicted molar refractivity (Wildman–Crippen MR) is 199 cm³/mol. The van der Waals surface area contributed by atoms with Gasteiger partial charge in [-0.3, -0.25) is 19.2 Å². The number of ether oxygens (including phenoxy) is 2.